The van der Waals surface area contributed by atoms with Gasteiger partial charge in [-0.3, -0.25) is 15.1 Å². The normalized spacial score (nSPS) is 17.7. The summed E-state index contributed by atoms with van der Waals surface area (Å²) in [6.07, 6.45) is 3.49. The molecule has 30 heavy (non-hydrogen) atoms. The van der Waals surface area contributed by atoms with E-state index in [1.807, 2.05) is 12.1 Å². The molecule has 8 nitrogen and oxygen atoms in total. The first-order valence-electron chi connectivity index (χ1n) is 9.58. The molecule has 3 heterocycles. The van der Waals surface area contributed by atoms with E-state index in [1.54, 1.807) is 43.6 Å². The molecule has 0 fully saturated rings. The predicted octanol–water partition coefficient (Wildman–Crippen LogP) is 3.56. The second kappa shape index (κ2) is 8.46. The Morgan fingerprint density at radius 2 is 2.17 bits per heavy atom. The van der Waals surface area contributed by atoms with Crippen LogP contribution < -0.4 is 9.47 Å². The SMILES string of the molecule is Cc1nc(COc2ccc3c(c2)[C@@H](O)[C@@H](Cc2cccnc2)CO3)ccc1[N+](=O)[O-]. The lowest BCUT2D eigenvalue weighted by Gasteiger charge is -2.30. The summed E-state index contributed by atoms with van der Waals surface area (Å²) >= 11 is 0. The van der Waals surface area contributed by atoms with Gasteiger partial charge in [-0.15, -0.1) is 0 Å². The van der Waals surface area contributed by atoms with E-state index in [2.05, 4.69) is 9.97 Å². The summed E-state index contributed by atoms with van der Waals surface area (Å²) in [7, 11) is 0. The van der Waals surface area contributed by atoms with Crippen LogP contribution in [0.4, 0.5) is 5.69 Å². The van der Waals surface area contributed by atoms with Gasteiger partial charge in [-0.05, 0) is 49.2 Å². The van der Waals surface area contributed by atoms with Gasteiger partial charge in [-0.25, -0.2) is 4.98 Å². The van der Waals surface area contributed by atoms with Crippen molar-refractivity contribution in [3.05, 3.63) is 87.5 Å². The molecule has 1 aromatic carbocycles. The minimum atomic E-state index is -0.683. The van der Waals surface area contributed by atoms with Crippen molar-refractivity contribution in [2.24, 2.45) is 5.92 Å². The van der Waals surface area contributed by atoms with Crippen LogP contribution in [0, 0.1) is 23.0 Å². The summed E-state index contributed by atoms with van der Waals surface area (Å²) < 4.78 is 11.6. The van der Waals surface area contributed by atoms with Crippen LogP contribution in [0.15, 0.2) is 54.9 Å². The molecular weight excluding hydrogens is 386 g/mol. The van der Waals surface area contributed by atoms with E-state index in [4.69, 9.17) is 9.47 Å². The summed E-state index contributed by atoms with van der Waals surface area (Å²) in [5.41, 5.74) is 2.63. The molecule has 0 saturated carbocycles. The number of hydrogen-bond donors (Lipinski definition) is 1. The van der Waals surface area contributed by atoms with E-state index in [0.29, 0.717) is 41.5 Å². The molecule has 0 saturated heterocycles. The second-order valence-corrected chi connectivity index (χ2v) is 7.23. The Kier molecular flexibility index (Phi) is 5.58. The Bertz CT molecular complexity index is 1060. The molecule has 3 aromatic rings. The monoisotopic (exact) mass is 407 g/mol. The zero-order chi connectivity index (χ0) is 21.1. The number of aromatic nitrogens is 2. The first kappa shape index (κ1) is 19.8. The molecule has 8 heteroatoms. The van der Waals surface area contributed by atoms with Crippen molar-refractivity contribution in [2.45, 2.75) is 26.1 Å². The van der Waals surface area contributed by atoms with Crippen LogP contribution in [0.1, 0.15) is 28.6 Å². The minimum Gasteiger partial charge on any atom is -0.493 e. The standard InChI is InChI=1S/C22H21N3O5/c1-14-20(25(27)28)6-4-17(24-14)13-29-18-5-7-21-19(10-18)22(26)16(12-30-21)9-15-3-2-8-23-11-15/h2-8,10-11,16,22,26H,9,12-13H2,1H3/t16-,22-/m0/s1. The topological polar surface area (TPSA) is 108 Å². The van der Waals surface area contributed by atoms with Crippen LogP contribution in [-0.4, -0.2) is 26.6 Å². The minimum absolute atomic E-state index is 0.0209. The van der Waals surface area contributed by atoms with Gasteiger partial charge < -0.3 is 14.6 Å². The Morgan fingerprint density at radius 3 is 2.90 bits per heavy atom. The molecular formula is C22H21N3O5. The predicted molar refractivity (Wildman–Crippen MR) is 108 cm³/mol. The Hall–Kier alpha value is -3.52. The highest BCUT2D eigenvalue weighted by atomic mass is 16.6. The highest BCUT2D eigenvalue weighted by Crippen LogP contribution is 2.39. The van der Waals surface area contributed by atoms with Crippen molar-refractivity contribution < 1.29 is 19.5 Å². The maximum absolute atomic E-state index is 10.9. The largest absolute Gasteiger partial charge is 0.493 e. The zero-order valence-corrected chi connectivity index (χ0v) is 16.4. The number of aliphatic hydroxyl groups is 1. The molecule has 154 valence electrons. The first-order chi connectivity index (χ1) is 14.5. The summed E-state index contributed by atoms with van der Waals surface area (Å²) in [6, 6.07) is 12.2. The molecule has 1 aliphatic rings. The van der Waals surface area contributed by atoms with E-state index in [9.17, 15) is 15.2 Å². The molecule has 1 aliphatic heterocycles. The average Bonchev–Trinajstić information content (AvgIpc) is 2.75. The van der Waals surface area contributed by atoms with Crippen molar-refractivity contribution in [3.8, 4) is 11.5 Å². The first-order valence-corrected chi connectivity index (χ1v) is 9.58. The third-order valence-electron chi connectivity index (χ3n) is 5.12. The van der Waals surface area contributed by atoms with E-state index < -0.39 is 11.0 Å². The summed E-state index contributed by atoms with van der Waals surface area (Å²) in [5.74, 6) is 1.12. The molecule has 0 aliphatic carbocycles. The lowest BCUT2D eigenvalue weighted by Crippen LogP contribution is -2.27. The average molecular weight is 407 g/mol. The quantitative estimate of drug-likeness (QED) is 0.492. The van der Waals surface area contributed by atoms with Gasteiger partial charge in [-0.1, -0.05) is 6.07 Å². The number of benzene rings is 1. The Labute approximate surface area is 173 Å². The number of ether oxygens (including phenoxy) is 2. The molecule has 1 N–H and O–H groups in total. The fourth-order valence-electron chi connectivity index (χ4n) is 3.55. The van der Waals surface area contributed by atoms with Gasteiger partial charge in [0.1, 0.15) is 23.8 Å². The van der Waals surface area contributed by atoms with Gasteiger partial charge in [0.15, 0.2) is 0 Å². The van der Waals surface area contributed by atoms with Crippen LogP contribution in [0.3, 0.4) is 0 Å². The number of rotatable bonds is 6. The van der Waals surface area contributed by atoms with Crippen LogP contribution in [0.2, 0.25) is 0 Å². The van der Waals surface area contributed by atoms with Gasteiger partial charge in [-0.2, -0.15) is 0 Å². The lowest BCUT2D eigenvalue weighted by atomic mass is 9.88. The number of fused-ring (bicyclic) bond motifs is 1. The Balaban J connectivity index is 1.46. The molecule has 0 spiro atoms. The molecule has 0 radical (unpaired) electrons. The smallest absolute Gasteiger partial charge is 0.290 e. The molecule has 0 unspecified atom stereocenters. The second-order valence-electron chi connectivity index (χ2n) is 7.23. The van der Waals surface area contributed by atoms with E-state index in [1.165, 1.54) is 6.07 Å². The van der Waals surface area contributed by atoms with Crippen molar-refractivity contribution in [1.82, 2.24) is 9.97 Å². The van der Waals surface area contributed by atoms with Crippen LogP contribution in [0.5, 0.6) is 11.5 Å². The number of nitro groups is 1. The van der Waals surface area contributed by atoms with Crippen molar-refractivity contribution >= 4 is 5.69 Å². The summed E-state index contributed by atoms with van der Waals surface area (Å²) in [5, 5.41) is 21.8. The number of aliphatic hydroxyl groups excluding tert-OH is 1. The van der Waals surface area contributed by atoms with Crippen molar-refractivity contribution in [2.75, 3.05) is 6.61 Å². The van der Waals surface area contributed by atoms with E-state index >= 15 is 0 Å². The van der Waals surface area contributed by atoms with Gasteiger partial charge in [0.2, 0.25) is 0 Å². The molecule has 2 atom stereocenters. The number of nitrogens with zero attached hydrogens (tertiary/aromatic N) is 3. The highest BCUT2D eigenvalue weighted by Gasteiger charge is 2.30. The van der Waals surface area contributed by atoms with Crippen molar-refractivity contribution in [1.29, 1.82) is 0 Å². The lowest BCUT2D eigenvalue weighted by molar-refractivity contribution is -0.385. The van der Waals surface area contributed by atoms with E-state index in [0.717, 1.165) is 5.56 Å². The molecule has 2 aromatic heterocycles. The third kappa shape index (κ3) is 4.23. The summed E-state index contributed by atoms with van der Waals surface area (Å²) in [6.45, 7) is 2.18. The van der Waals surface area contributed by atoms with Crippen LogP contribution in [-0.2, 0) is 13.0 Å². The maximum Gasteiger partial charge on any atom is 0.290 e. The van der Waals surface area contributed by atoms with Crippen LogP contribution in [0.25, 0.3) is 0 Å². The third-order valence-corrected chi connectivity index (χ3v) is 5.12. The highest BCUT2D eigenvalue weighted by molar-refractivity contribution is 5.43. The summed E-state index contributed by atoms with van der Waals surface area (Å²) in [4.78, 5) is 18.8. The number of hydrogen-bond acceptors (Lipinski definition) is 7. The fraction of sp³-hybridized carbons (Fsp3) is 0.273. The number of aryl methyl sites for hydroxylation is 1. The van der Waals surface area contributed by atoms with Gasteiger partial charge in [0, 0.05) is 29.9 Å². The van der Waals surface area contributed by atoms with Gasteiger partial charge in [0.05, 0.1) is 23.3 Å². The van der Waals surface area contributed by atoms with E-state index in [-0.39, 0.29) is 18.2 Å². The van der Waals surface area contributed by atoms with Crippen molar-refractivity contribution in [3.63, 3.8) is 0 Å². The molecule has 0 bridgehead atoms. The number of pyridine rings is 2. The zero-order valence-electron chi connectivity index (χ0n) is 16.4. The van der Waals surface area contributed by atoms with Gasteiger partial charge >= 0.3 is 0 Å². The van der Waals surface area contributed by atoms with Crippen LogP contribution >= 0.6 is 0 Å². The molecule has 4 rings (SSSR count). The maximum atomic E-state index is 10.9. The van der Waals surface area contributed by atoms with Gasteiger partial charge in [0.25, 0.3) is 5.69 Å². The molecule has 0 amide bonds. The Morgan fingerprint density at radius 1 is 1.30 bits per heavy atom. The fourth-order valence-corrected chi connectivity index (χ4v) is 3.55.